The van der Waals surface area contributed by atoms with Gasteiger partial charge in [0.25, 0.3) is 0 Å². The van der Waals surface area contributed by atoms with Crippen LogP contribution in [0.3, 0.4) is 0 Å². The normalized spacial score (nSPS) is 13.3. The number of carbonyl (C=O) groups excluding carboxylic acids is 1. The summed E-state index contributed by atoms with van der Waals surface area (Å²) in [4.78, 5) is 11.7. The van der Waals surface area contributed by atoms with Gasteiger partial charge in [-0.25, -0.2) is 12.7 Å². The number of benzene rings is 1. The lowest BCUT2D eigenvalue weighted by Crippen LogP contribution is -2.35. The minimum atomic E-state index is -3.31. The van der Waals surface area contributed by atoms with E-state index in [9.17, 15) is 13.2 Å². The summed E-state index contributed by atoms with van der Waals surface area (Å²) in [5.74, 6) is -0.550. The highest BCUT2D eigenvalue weighted by Gasteiger charge is 2.18. The van der Waals surface area contributed by atoms with Crippen molar-refractivity contribution in [2.45, 2.75) is 5.38 Å². The molecule has 5 nitrogen and oxygen atoms in total. The maximum Gasteiger partial charge on any atom is 0.242 e. The first-order valence-electron chi connectivity index (χ1n) is 5.71. The van der Waals surface area contributed by atoms with Crippen molar-refractivity contribution in [3.8, 4) is 0 Å². The van der Waals surface area contributed by atoms with Gasteiger partial charge >= 0.3 is 0 Å². The molecule has 0 bridgehead atoms. The third-order valence-corrected chi connectivity index (χ3v) is 4.82. The van der Waals surface area contributed by atoms with Gasteiger partial charge in [-0.1, -0.05) is 30.3 Å². The van der Waals surface area contributed by atoms with Gasteiger partial charge in [-0.05, 0) is 5.56 Å². The maximum absolute atomic E-state index is 11.7. The average Bonchev–Trinajstić information content (AvgIpc) is 2.38. The fourth-order valence-electron chi connectivity index (χ4n) is 1.35. The molecule has 0 fully saturated rings. The summed E-state index contributed by atoms with van der Waals surface area (Å²) in [5, 5.41) is 1.70. The van der Waals surface area contributed by atoms with Crippen LogP contribution in [0.25, 0.3) is 0 Å². The van der Waals surface area contributed by atoms with E-state index >= 15 is 0 Å². The zero-order chi connectivity index (χ0) is 14.5. The van der Waals surface area contributed by atoms with Crippen LogP contribution in [-0.4, -0.2) is 45.0 Å². The Morgan fingerprint density at radius 3 is 2.42 bits per heavy atom. The SMILES string of the molecule is CN(C)S(=O)(=O)CCNC(=O)C(Cl)c1ccccc1. The Balaban J connectivity index is 2.49. The first-order chi connectivity index (χ1) is 8.84. The molecule has 0 aliphatic rings. The van der Waals surface area contributed by atoms with Crippen molar-refractivity contribution in [3.63, 3.8) is 0 Å². The summed E-state index contributed by atoms with van der Waals surface area (Å²) in [7, 11) is -0.409. The van der Waals surface area contributed by atoms with Crippen molar-refractivity contribution in [1.29, 1.82) is 0 Å². The molecule has 0 heterocycles. The number of nitrogens with one attached hydrogen (secondary N) is 1. The fraction of sp³-hybridized carbons (Fsp3) is 0.417. The third kappa shape index (κ3) is 4.81. The zero-order valence-corrected chi connectivity index (χ0v) is 12.4. The topological polar surface area (TPSA) is 66.5 Å². The molecule has 1 atom stereocenters. The van der Waals surface area contributed by atoms with Gasteiger partial charge in [0.05, 0.1) is 5.75 Å². The van der Waals surface area contributed by atoms with E-state index < -0.39 is 21.3 Å². The van der Waals surface area contributed by atoms with E-state index in [2.05, 4.69) is 5.32 Å². The molecular weight excluding hydrogens is 288 g/mol. The van der Waals surface area contributed by atoms with Crippen LogP contribution < -0.4 is 5.32 Å². The summed E-state index contributed by atoms with van der Waals surface area (Å²) in [6, 6.07) is 8.89. The molecule has 0 aliphatic heterocycles. The number of hydrogen-bond donors (Lipinski definition) is 1. The smallest absolute Gasteiger partial charge is 0.242 e. The molecular formula is C12H17ClN2O3S. The van der Waals surface area contributed by atoms with Gasteiger partial charge in [-0.15, -0.1) is 11.6 Å². The van der Waals surface area contributed by atoms with Gasteiger partial charge in [0.15, 0.2) is 0 Å². The van der Waals surface area contributed by atoms with Crippen LogP contribution in [0.5, 0.6) is 0 Å². The Morgan fingerprint density at radius 1 is 1.32 bits per heavy atom. The second-order valence-electron chi connectivity index (χ2n) is 4.16. The molecule has 1 unspecified atom stereocenters. The quantitative estimate of drug-likeness (QED) is 0.797. The van der Waals surface area contributed by atoms with E-state index in [1.165, 1.54) is 14.1 Å². The van der Waals surface area contributed by atoms with Gasteiger partial charge < -0.3 is 5.32 Å². The molecule has 0 radical (unpaired) electrons. The lowest BCUT2D eigenvalue weighted by atomic mass is 10.1. The summed E-state index contributed by atoms with van der Waals surface area (Å²) in [6.45, 7) is 0.0371. The van der Waals surface area contributed by atoms with E-state index in [4.69, 9.17) is 11.6 Å². The Bertz CT molecular complexity index is 517. The number of halogens is 1. The molecule has 0 spiro atoms. The van der Waals surface area contributed by atoms with Crippen LogP contribution in [0.15, 0.2) is 30.3 Å². The second kappa shape index (κ2) is 6.88. The Morgan fingerprint density at radius 2 is 1.89 bits per heavy atom. The molecule has 106 valence electrons. The van der Waals surface area contributed by atoms with Crippen LogP contribution in [-0.2, 0) is 14.8 Å². The fourth-order valence-corrected chi connectivity index (χ4v) is 2.30. The second-order valence-corrected chi connectivity index (χ2v) is 6.90. The molecule has 0 saturated carbocycles. The van der Waals surface area contributed by atoms with Crippen molar-refractivity contribution in [3.05, 3.63) is 35.9 Å². The van der Waals surface area contributed by atoms with Crippen molar-refractivity contribution >= 4 is 27.5 Å². The lowest BCUT2D eigenvalue weighted by Gasteiger charge is -2.13. The minimum Gasteiger partial charge on any atom is -0.353 e. The Labute approximate surface area is 118 Å². The molecule has 1 aromatic carbocycles. The number of sulfonamides is 1. The van der Waals surface area contributed by atoms with E-state index in [1.54, 1.807) is 24.3 Å². The predicted molar refractivity (Wildman–Crippen MR) is 75.5 cm³/mol. The van der Waals surface area contributed by atoms with Crippen LogP contribution in [0, 0.1) is 0 Å². The number of nitrogens with zero attached hydrogens (tertiary/aromatic N) is 1. The molecule has 1 N–H and O–H groups in total. The molecule has 0 saturated heterocycles. The summed E-state index contributed by atoms with van der Waals surface area (Å²) in [6.07, 6.45) is 0. The molecule has 0 aromatic heterocycles. The van der Waals surface area contributed by atoms with Gasteiger partial charge in [0.2, 0.25) is 15.9 Å². The first kappa shape index (κ1) is 15.9. The average molecular weight is 305 g/mol. The maximum atomic E-state index is 11.7. The van der Waals surface area contributed by atoms with Gasteiger partial charge in [0, 0.05) is 20.6 Å². The molecule has 1 amide bonds. The molecule has 1 rings (SSSR count). The standard InChI is InChI=1S/C12H17ClN2O3S/c1-15(2)19(17,18)9-8-14-12(16)11(13)10-6-4-3-5-7-10/h3-7,11H,8-9H2,1-2H3,(H,14,16). The zero-order valence-electron chi connectivity index (χ0n) is 10.8. The lowest BCUT2D eigenvalue weighted by molar-refractivity contribution is -0.120. The number of rotatable bonds is 6. The van der Waals surface area contributed by atoms with Crippen LogP contribution in [0.4, 0.5) is 0 Å². The van der Waals surface area contributed by atoms with Gasteiger partial charge in [0.1, 0.15) is 5.38 Å². The monoisotopic (exact) mass is 304 g/mol. The van der Waals surface area contributed by atoms with Crippen LogP contribution >= 0.6 is 11.6 Å². The molecule has 0 aliphatic carbocycles. The largest absolute Gasteiger partial charge is 0.353 e. The van der Waals surface area contributed by atoms with E-state index in [-0.39, 0.29) is 12.3 Å². The van der Waals surface area contributed by atoms with Crippen molar-refractivity contribution in [2.24, 2.45) is 0 Å². The van der Waals surface area contributed by atoms with Crippen molar-refractivity contribution in [2.75, 3.05) is 26.4 Å². The Hall–Kier alpha value is -1.11. The van der Waals surface area contributed by atoms with Crippen LogP contribution in [0.2, 0.25) is 0 Å². The number of carbonyl (C=O) groups is 1. The van der Waals surface area contributed by atoms with Crippen molar-refractivity contribution < 1.29 is 13.2 Å². The predicted octanol–water partition coefficient (Wildman–Crippen LogP) is 0.974. The molecule has 7 heteroatoms. The van der Waals surface area contributed by atoms with Crippen molar-refractivity contribution in [1.82, 2.24) is 9.62 Å². The third-order valence-electron chi connectivity index (χ3n) is 2.54. The summed E-state index contributed by atoms with van der Waals surface area (Å²) >= 11 is 6.00. The van der Waals surface area contributed by atoms with E-state index in [0.717, 1.165) is 4.31 Å². The van der Waals surface area contributed by atoms with E-state index in [0.29, 0.717) is 5.56 Å². The Kier molecular flexibility index (Phi) is 5.78. The van der Waals surface area contributed by atoms with Crippen LogP contribution in [0.1, 0.15) is 10.9 Å². The van der Waals surface area contributed by atoms with Gasteiger partial charge in [-0.3, -0.25) is 4.79 Å². The number of hydrogen-bond acceptors (Lipinski definition) is 3. The summed E-state index contributed by atoms with van der Waals surface area (Å²) < 4.78 is 24.1. The van der Waals surface area contributed by atoms with Gasteiger partial charge in [-0.2, -0.15) is 0 Å². The highest BCUT2D eigenvalue weighted by Crippen LogP contribution is 2.19. The highest BCUT2D eigenvalue weighted by molar-refractivity contribution is 7.89. The summed E-state index contributed by atoms with van der Waals surface area (Å²) in [5.41, 5.74) is 0.678. The highest BCUT2D eigenvalue weighted by atomic mass is 35.5. The van der Waals surface area contributed by atoms with E-state index in [1.807, 2.05) is 6.07 Å². The number of amides is 1. The minimum absolute atomic E-state index is 0.0371. The molecule has 1 aromatic rings. The molecule has 19 heavy (non-hydrogen) atoms. The first-order valence-corrected chi connectivity index (χ1v) is 7.76. The number of alkyl halides is 1.